The molecule has 1 aliphatic carbocycles. The van der Waals surface area contributed by atoms with Gasteiger partial charge in [0.1, 0.15) is 11.6 Å². The molecule has 0 aromatic rings. The minimum absolute atomic E-state index is 0.269. The lowest BCUT2D eigenvalue weighted by Crippen LogP contribution is -2.18. The molecule has 0 atom stereocenters. The molecule has 0 aliphatic heterocycles. The van der Waals surface area contributed by atoms with Gasteiger partial charge in [0, 0.05) is 25.2 Å². The fraction of sp³-hybridized carbons (Fsp3) is 0.857. The van der Waals surface area contributed by atoms with E-state index < -0.39 is 0 Å². The Hall–Kier alpha value is -0.660. The molecule has 0 bridgehead atoms. The smallest absolute Gasteiger partial charge is 0.136 e. The maximum Gasteiger partial charge on any atom is 0.136 e. The Kier molecular flexibility index (Phi) is 6.36. The molecule has 1 saturated carbocycles. The Morgan fingerprint density at radius 2 is 1.69 bits per heavy atom. The van der Waals surface area contributed by atoms with Crippen molar-refractivity contribution in [3.05, 3.63) is 0 Å². The molecule has 0 saturated heterocycles. The van der Waals surface area contributed by atoms with Gasteiger partial charge in [-0.05, 0) is 19.3 Å². The number of Topliss-reactive ketones (excluding diaryl/α,β-unsaturated/α-hetero) is 2. The molecular weight excluding hydrogens is 200 g/mol. The van der Waals surface area contributed by atoms with Gasteiger partial charge in [-0.3, -0.25) is 9.59 Å². The molecule has 1 rings (SSSR count). The van der Waals surface area contributed by atoms with Crippen LogP contribution in [0.4, 0.5) is 0 Å². The van der Waals surface area contributed by atoms with Crippen LogP contribution in [0.25, 0.3) is 0 Å². The second-order valence-electron chi connectivity index (χ2n) is 4.94. The quantitative estimate of drug-likeness (QED) is 0.661. The average Bonchev–Trinajstić information content (AvgIpc) is 2.34. The highest BCUT2D eigenvalue weighted by atomic mass is 16.1. The van der Waals surface area contributed by atoms with Crippen LogP contribution in [0.3, 0.4) is 0 Å². The van der Waals surface area contributed by atoms with Crippen LogP contribution >= 0.6 is 0 Å². The average molecular weight is 224 g/mol. The molecule has 0 heterocycles. The van der Waals surface area contributed by atoms with Gasteiger partial charge in [0.25, 0.3) is 0 Å². The molecule has 16 heavy (non-hydrogen) atoms. The fourth-order valence-corrected chi connectivity index (χ4v) is 2.39. The Morgan fingerprint density at radius 1 is 1.00 bits per heavy atom. The highest BCUT2D eigenvalue weighted by molar-refractivity contribution is 5.87. The number of ketones is 2. The SMILES string of the molecule is CCCCC(=O)CCC(=O)C1CCCCC1. The molecule has 92 valence electrons. The van der Waals surface area contributed by atoms with E-state index in [1.807, 2.05) is 0 Å². The first-order valence-electron chi connectivity index (χ1n) is 6.78. The van der Waals surface area contributed by atoms with Crippen molar-refractivity contribution in [2.45, 2.75) is 71.1 Å². The van der Waals surface area contributed by atoms with E-state index in [2.05, 4.69) is 6.92 Å². The van der Waals surface area contributed by atoms with Crippen LogP contribution in [-0.2, 0) is 9.59 Å². The molecule has 1 fully saturated rings. The lowest BCUT2D eigenvalue weighted by molar-refractivity contribution is -0.127. The van der Waals surface area contributed by atoms with Crippen molar-refractivity contribution < 1.29 is 9.59 Å². The molecule has 0 spiro atoms. The van der Waals surface area contributed by atoms with E-state index in [1.165, 1.54) is 19.3 Å². The zero-order valence-corrected chi connectivity index (χ0v) is 10.5. The Morgan fingerprint density at radius 3 is 2.31 bits per heavy atom. The van der Waals surface area contributed by atoms with Crippen LogP contribution in [-0.4, -0.2) is 11.6 Å². The van der Waals surface area contributed by atoms with Crippen molar-refractivity contribution in [2.24, 2.45) is 5.92 Å². The van der Waals surface area contributed by atoms with Crippen molar-refractivity contribution in [3.63, 3.8) is 0 Å². The zero-order chi connectivity index (χ0) is 11.8. The summed E-state index contributed by atoms with van der Waals surface area (Å²) < 4.78 is 0. The highest BCUT2D eigenvalue weighted by Crippen LogP contribution is 2.25. The Bertz CT molecular complexity index is 227. The van der Waals surface area contributed by atoms with Crippen LogP contribution in [0.2, 0.25) is 0 Å². The Labute approximate surface area is 98.8 Å². The van der Waals surface area contributed by atoms with Crippen LogP contribution in [0, 0.1) is 5.92 Å². The third-order valence-electron chi connectivity index (χ3n) is 3.52. The van der Waals surface area contributed by atoms with Gasteiger partial charge in [-0.25, -0.2) is 0 Å². The zero-order valence-electron chi connectivity index (χ0n) is 10.5. The summed E-state index contributed by atoms with van der Waals surface area (Å²) in [7, 11) is 0. The lowest BCUT2D eigenvalue weighted by Gasteiger charge is -2.19. The van der Waals surface area contributed by atoms with Gasteiger partial charge in [-0.15, -0.1) is 0 Å². The summed E-state index contributed by atoms with van der Waals surface area (Å²) in [6.07, 6.45) is 9.44. The fourth-order valence-electron chi connectivity index (χ4n) is 2.39. The predicted octanol–water partition coefficient (Wildman–Crippen LogP) is 3.68. The van der Waals surface area contributed by atoms with Crippen LogP contribution < -0.4 is 0 Å². The van der Waals surface area contributed by atoms with Crippen LogP contribution in [0.1, 0.15) is 71.1 Å². The summed E-state index contributed by atoms with van der Waals surface area (Å²) in [6, 6.07) is 0. The largest absolute Gasteiger partial charge is 0.300 e. The molecular formula is C14H24O2. The first kappa shape index (κ1) is 13.4. The minimum Gasteiger partial charge on any atom is -0.300 e. The predicted molar refractivity (Wildman–Crippen MR) is 65.3 cm³/mol. The van der Waals surface area contributed by atoms with Crippen molar-refractivity contribution in [2.75, 3.05) is 0 Å². The molecule has 2 heteroatoms. The molecule has 0 radical (unpaired) electrons. The van der Waals surface area contributed by atoms with Crippen molar-refractivity contribution >= 4 is 11.6 Å². The van der Waals surface area contributed by atoms with E-state index in [9.17, 15) is 9.59 Å². The van der Waals surface area contributed by atoms with E-state index in [0.717, 1.165) is 25.7 Å². The van der Waals surface area contributed by atoms with E-state index >= 15 is 0 Å². The van der Waals surface area contributed by atoms with Crippen LogP contribution in [0.15, 0.2) is 0 Å². The molecule has 1 aliphatic rings. The number of carbonyl (C=O) groups excluding carboxylic acids is 2. The van der Waals surface area contributed by atoms with Crippen LogP contribution in [0.5, 0.6) is 0 Å². The molecule has 0 unspecified atom stereocenters. The van der Waals surface area contributed by atoms with Gasteiger partial charge < -0.3 is 0 Å². The number of unbranched alkanes of at least 4 members (excludes halogenated alkanes) is 1. The standard InChI is InChI=1S/C14H24O2/c1-2-3-9-13(15)10-11-14(16)12-7-5-4-6-8-12/h12H,2-11H2,1H3. The first-order chi connectivity index (χ1) is 7.74. The molecule has 0 amide bonds. The van der Waals surface area contributed by atoms with E-state index in [1.54, 1.807) is 0 Å². The summed E-state index contributed by atoms with van der Waals surface area (Å²) >= 11 is 0. The molecule has 0 aromatic carbocycles. The lowest BCUT2D eigenvalue weighted by atomic mass is 9.84. The van der Waals surface area contributed by atoms with Gasteiger partial charge in [-0.1, -0.05) is 32.6 Å². The number of hydrogen-bond donors (Lipinski definition) is 0. The third kappa shape index (κ3) is 4.91. The summed E-state index contributed by atoms with van der Waals surface area (Å²) in [6.45, 7) is 2.08. The number of carbonyl (C=O) groups is 2. The second kappa shape index (κ2) is 7.59. The topological polar surface area (TPSA) is 34.1 Å². The van der Waals surface area contributed by atoms with Crippen molar-refractivity contribution in [3.8, 4) is 0 Å². The summed E-state index contributed by atoms with van der Waals surface area (Å²) in [5, 5.41) is 0. The summed E-state index contributed by atoms with van der Waals surface area (Å²) in [4.78, 5) is 23.3. The van der Waals surface area contributed by atoms with Gasteiger partial charge in [0.15, 0.2) is 0 Å². The third-order valence-corrected chi connectivity index (χ3v) is 3.52. The summed E-state index contributed by atoms with van der Waals surface area (Å²) in [5.74, 6) is 0.878. The summed E-state index contributed by atoms with van der Waals surface area (Å²) in [5.41, 5.74) is 0. The van der Waals surface area contributed by atoms with Gasteiger partial charge in [0.2, 0.25) is 0 Å². The molecule has 0 aromatic heterocycles. The Balaban J connectivity index is 2.15. The molecule has 2 nitrogen and oxygen atoms in total. The van der Waals surface area contributed by atoms with Crippen molar-refractivity contribution in [1.29, 1.82) is 0 Å². The first-order valence-corrected chi connectivity index (χ1v) is 6.78. The maximum atomic E-state index is 11.8. The van der Waals surface area contributed by atoms with Gasteiger partial charge >= 0.3 is 0 Å². The number of hydrogen-bond acceptors (Lipinski definition) is 2. The van der Waals surface area contributed by atoms with Gasteiger partial charge in [-0.2, -0.15) is 0 Å². The number of rotatable bonds is 7. The van der Waals surface area contributed by atoms with Gasteiger partial charge in [0.05, 0.1) is 0 Å². The normalized spacial score (nSPS) is 17.3. The van der Waals surface area contributed by atoms with E-state index in [0.29, 0.717) is 25.0 Å². The maximum absolute atomic E-state index is 11.8. The second-order valence-corrected chi connectivity index (χ2v) is 4.94. The highest BCUT2D eigenvalue weighted by Gasteiger charge is 2.21. The van der Waals surface area contributed by atoms with E-state index in [-0.39, 0.29) is 11.7 Å². The van der Waals surface area contributed by atoms with E-state index in [4.69, 9.17) is 0 Å². The van der Waals surface area contributed by atoms with Crippen molar-refractivity contribution in [1.82, 2.24) is 0 Å². The molecule has 0 N–H and O–H groups in total. The monoisotopic (exact) mass is 224 g/mol. The minimum atomic E-state index is 0.269.